The third-order valence-electron chi connectivity index (χ3n) is 2.48. The second kappa shape index (κ2) is 3.71. The van der Waals surface area contributed by atoms with Crippen LogP contribution in [0.1, 0.15) is 12.0 Å². The molecule has 2 rings (SSSR count). The Morgan fingerprint density at radius 1 is 1.53 bits per heavy atom. The van der Waals surface area contributed by atoms with Gasteiger partial charge in [-0.25, -0.2) is 0 Å². The van der Waals surface area contributed by atoms with Crippen LogP contribution in [-0.4, -0.2) is 11.9 Å². The van der Waals surface area contributed by atoms with Crippen LogP contribution in [0.15, 0.2) is 24.3 Å². The van der Waals surface area contributed by atoms with Gasteiger partial charge in [0.05, 0.1) is 17.2 Å². The summed E-state index contributed by atoms with van der Waals surface area (Å²) in [7, 11) is 0. The molecule has 1 fully saturated rings. The molecule has 3 N–H and O–H groups in total. The molecular formula is C11H11N3O. The first kappa shape index (κ1) is 9.69. The number of hydrogen-bond donors (Lipinski definition) is 2. The van der Waals surface area contributed by atoms with Gasteiger partial charge in [-0.1, -0.05) is 12.1 Å². The molecule has 2 atom stereocenters. The molecule has 0 heterocycles. The number of nitrogens with one attached hydrogen (secondary N) is 1. The minimum atomic E-state index is -0.0924. The predicted molar refractivity (Wildman–Crippen MR) is 55.9 cm³/mol. The molecule has 76 valence electrons. The van der Waals surface area contributed by atoms with E-state index in [4.69, 9.17) is 11.0 Å². The lowest BCUT2D eigenvalue weighted by molar-refractivity contribution is -0.117. The molecule has 0 radical (unpaired) electrons. The molecule has 1 saturated carbocycles. The number of para-hydroxylation sites is 1. The van der Waals surface area contributed by atoms with E-state index in [0.29, 0.717) is 11.3 Å². The van der Waals surface area contributed by atoms with Crippen molar-refractivity contribution in [2.75, 3.05) is 5.32 Å². The van der Waals surface area contributed by atoms with Gasteiger partial charge in [-0.2, -0.15) is 5.26 Å². The molecule has 0 aromatic heterocycles. The second-order valence-electron chi connectivity index (χ2n) is 3.65. The standard InChI is InChI=1S/C11H11N3O/c12-6-7-3-1-2-4-10(7)14-11(15)8-5-9(8)13/h1-4,8-9H,5,13H2,(H,14,15). The van der Waals surface area contributed by atoms with Gasteiger partial charge >= 0.3 is 0 Å². The van der Waals surface area contributed by atoms with Crippen LogP contribution in [0.5, 0.6) is 0 Å². The number of nitriles is 1. The third kappa shape index (κ3) is 1.97. The van der Waals surface area contributed by atoms with E-state index < -0.39 is 0 Å². The number of nitrogens with two attached hydrogens (primary N) is 1. The Balaban J connectivity index is 2.11. The van der Waals surface area contributed by atoms with Crippen LogP contribution in [0.2, 0.25) is 0 Å². The number of carbonyl (C=O) groups is 1. The predicted octanol–water partition coefficient (Wildman–Crippen LogP) is 0.844. The van der Waals surface area contributed by atoms with Crippen LogP contribution < -0.4 is 11.1 Å². The van der Waals surface area contributed by atoms with Gasteiger partial charge in [0, 0.05) is 6.04 Å². The highest BCUT2D eigenvalue weighted by Crippen LogP contribution is 2.29. The van der Waals surface area contributed by atoms with Crippen LogP contribution >= 0.6 is 0 Å². The lowest BCUT2D eigenvalue weighted by Crippen LogP contribution is -2.19. The molecule has 0 spiro atoms. The summed E-state index contributed by atoms with van der Waals surface area (Å²) in [5.41, 5.74) is 6.60. The Hall–Kier alpha value is -1.86. The number of nitrogens with zero attached hydrogens (tertiary/aromatic N) is 1. The van der Waals surface area contributed by atoms with E-state index in [1.54, 1.807) is 24.3 Å². The van der Waals surface area contributed by atoms with Crippen molar-refractivity contribution in [2.45, 2.75) is 12.5 Å². The van der Waals surface area contributed by atoms with E-state index in [9.17, 15) is 4.79 Å². The van der Waals surface area contributed by atoms with Crippen LogP contribution in [0.4, 0.5) is 5.69 Å². The minimum absolute atomic E-state index is 0.0146. The SMILES string of the molecule is N#Cc1ccccc1NC(=O)C1CC1N. The Bertz CT molecular complexity index is 436. The summed E-state index contributed by atoms with van der Waals surface area (Å²) in [5.74, 6) is -0.179. The highest BCUT2D eigenvalue weighted by Gasteiger charge is 2.40. The fraction of sp³-hybridized carbons (Fsp3) is 0.273. The molecule has 1 aliphatic carbocycles. The molecule has 1 aromatic carbocycles. The number of rotatable bonds is 2. The van der Waals surface area contributed by atoms with E-state index >= 15 is 0 Å². The quantitative estimate of drug-likeness (QED) is 0.744. The molecule has 0 bridgehead atoms. The molecule has 15 heavy (non-hydrogen) atoms. The number of carbonyl (C=O) groups excluding carboxylic acids is 1. The maximum Gasteiger partial charge on any atom is 0.229 e. The second-order valence-corrected chi connectivity index (χ2v) is 3.65. The Kier molecular flexibility index (Phi) is 2.40. The van der Waals surface area contributed by atoms with Crippen molar-refractivity contribution in [3.8, 4) is 6.07 Å². The molecule has 1 aromatic rings. The lowest BCUT2D eigenvalue weighted by Gasteiger charge is -2.05. The summed E-state index contributed by atoms with van der Waals surface area (Å²) in [6.45, 7) is 0. The summed E-state index contributed by atoms with van der Waals surface area (Å²) in [5, 5.41) is 11.5. The summed E-state index contributed by atoms with van der Waals surface area (Å²) in [6.07, 6.45) is 0.737. The number of hydrogen-bond acceptors (Lipinski definition) is 3. The first-order valence-electron chi connectivity index (χ1n) is 4.78. The van der Waals surface area contributed by atoms with Crippen molar-refractivity contribution in [1.82, 2.24) is 0 Å². The van der Waals surface area contributed by atoms with Crippen molar-refractivity contribution in [1.29, 1.82) is 5.26 Å². The highest BCUT2D eigenvalue weighted by molar-refractivity contribution is 5.95. The zero-order valence-electron chi connectivity index (χ0n) is 8.10. The number of amides is 1. The number of anilines is 1. The highest BCUT2D eigenvalue weighted by atomic mass is 16.2. The first-order valence-corrected chi connectivity index (χ1v) is 4.78. The topological polar surface area (TPSA) is 78.9 Å². The molecule has 4 heteroatoms. The van der Waals surface area contributed by atoms with Crippen molar-refractivity contribution in [2.24, 2.45) is 11.7 Å². The summed E-state index contributed by atoms with van der Waals surface area (Å²) < 4.78 is 0. The van der Waals surface area contributed by atoms with Gasteiger partial charge in [0.15, 0.2) is 0 Å². The maximum atomic E-state index is 11.6. The lowest BCUT2D eigenvalue weighted by atomic mass is 10.2. The summed E-state index contributed by atoms with van der Waals surface area (Å²) >= 11 is 0. The summed E-state index contributed by atoms with van der Waals surface area (Å²) in [6, 6.07) is 8.93. The average molecular weight is 201 g/mol. The zero-order chi connectivity index (χ0) is 10.8. The molecular weight excluding hydrogens is 190 g/mol. The van der Waals surface area contributed by atoms with Gasteiger partial charge < -0.3 is 11.1 Å². The van der Waals surface area contributed by atoms with Gasteiger partial charge in [0.1, 0.15) is 6.07 Å². The smallest absolute Gasteiger partial charge is 0.229 e. The van der Waals surface area contributed by atoms with Crippen molar-refractivity contribution < 1.29 is 4.79 Å². The monoisotopic (exact) mass is 201 g/mol. The third-order valence-corrected chi connectivity index (χ3v) is 2.48. The number of benzene rings is 1. The fourth-order valence-electron chi connectivity index (χ4n) is 1.43. The van der Waals surface area contributed by atoms with Crippen molar-refractivity contribution >= 4 is 11.6 Å². The fourth-order valence-corrected chi connectivity index (χ4v) is 1.43. The van der Waals surface area contributed by atoms with Crippen LogP contribution in [0.25, 0.3) is 0 Å². The van der Waals surface area contributed by atoms with Crippen molar-refractivity contribution in [3.63, 3.8) is 0 Å². The molecule has 1 amide bonds. The van der Waals surface area contributed by atoms with Crippen LogP contribution in [0, 0.1) is 17.2 Å². The van der Waals surface area contributed by atoms with E-state index in [1.165, 1.54) is 0 Å². The molecule has 1 aliphatic rings. The summed E-state index contributed by atoms with van der Waals surface area (Å²) in [4.78, 5) is 11.6. The first-order chi connectivity index (χ1) is 7.22. The molecule has 0 aliphatic heterocycles. The molecule has 0 saturated heterocycles. The van der Waals surface area contributed by atoms with Crippen LogP contribution in [-0.2, 0) is 4.79 Å². The zero-order valence-corrected chi connectivity index (χ0v) is 8.10. The minimum Gasteiger partial charge on any atom is -0.327 e. The van der Waals surface area contributed by atoms with E-state index in [-0.39, 0.29) is 17.9 Å². The Labute approximate surface area is 87.7 Å². The van der Waals surface area contributed by atoms with Gasteiger partial charge in [0.25, 0.3) is 0 Å². The maximum absolute atomic E-state index is 11.6. The largest absolute Gasteiger partial charge is 0.327 e. The Morgan fingerprint density at radius 3 is 2.80 bits per heavy atom. The van der Waals surface area contributed by atoms with Gasteiger partial charge in [-0.05, 0) is 18.6 Å². The van der Waals surface area contributed by atoms with E-state index in [0.717, 1.165) is 6.42 Å². The van der Waals surface area contributed by atoms with Gasteiger partial charge in [-0.15, -0.1) is 0 Å². The van der Waals surface area contributed by atoms with Gasteiger partial charge in [0.2, 0.25) is 5.91 Å². The van der Waals surface area contributed by atoms with E-state index in [2.05, 4.69) is 5.32 Å². The average Bonchev–Trinajstić information content (AvgIpc) is 2.96. The normalized spacial score (nSPS) is 22.9. The van der Waals surface area contributed by atoms with E-state index in [1.807, 2.05) is 6.07 Å². The van der Waals surface area contributed by atoms with Crippen molar-refractivity contribution in [3.05, 3.63) is 29.8 Å². The molecule has 4 nitrogen and oxygen atoms in total. The molecule has 2 unspecified atom stereocenters. The van der Waals surface area contributed by atoms with Crippen LogP contribution in [0.3, 0.4) is 0 Å². The Morgan fingerprint density at radius 2 is 2.20 bits per heavy atom. The van der Waals surface area contributed by atoms with Gasteiger partial charge in [-0.3, -0.25) is 4.79 Å².